The van der Waals surface area contributed by atoms with Gasteiger partial charge in [-0.2, -0.15) is 0 Å². The molecular weight excluding hydrogens is 271 g/mol. The zero-order chi connectivity index (χ0) is 15.0. The van der Waals surface area contributed by atoms with Gasteiger partial charge < -0.3 is 10.0 Å². The average molecular weight is 290 g/mol. The number of carboxylic acids is 1. The number of nitrogens with one attached hydrogen (secondary N) is 1. The molecule has 0 aromatic heterocycles. The van der Waals surface area contributed by atoms with Crippen molar-refractivity contribution < 1.29 is 14.3 Å². The molecule has 1 aliphatic carbocycles. The van der Waals surface area contributed by atoms with Gasteiger partial charge in [-0.1, -0.05) is 12.1 Å². The Balaban J connectivity index is 1.70. The van der Waals surface area contributed by atoms with Crippen LogP contribution in [-0.2, 0) is 0 Å². The minimum absolute atomic E-state index is 0.0487. The standard InChI is InChI=1S/C16H19FN2O2/c17-14-12(2-1-3-13(14)16(20)21)10-6-8-19(9-7-10)15(18)11-4-5-11/h1-3,10-11,18H,4-9H2,(H,20,21). The van der Waals surface area contributed by atoms with E-state index in [4.69, 9.17) is 10.5 Å². The van der Waals surface area contributed by atoms with E-state index in [0.29, 0.717) is 11.5 Å². The third-order valence-corrected chi connectivity index (χ3v) is 4.50. The number of likely N-dealkylation sites (tertiary alicyclic amines) is 1. The van der Waals surface area contributed by atoms with Gasteiger partial charge in [0.25, 0.3) is 0 Å². The number of hydrogen-bond acceptors (Lipinski definition) is 2. The highest BCUT2D eigenvalue weighted by molar-refractivity contribution is 5.88. The Labute approximate surface area is 123 Å². The topological polar surface area (TPSA) is 64.4 Å². The number of aromatic carboxylic acids is 1. The lowest BCUT2D eigenvalue weighted by Crippen LogP contribution is -2.38. The summed E-state index contributed by atoms with van der Waals surface area (Å²) in [6, 6.07) is 4.61. The highest BCUT2D eigenvalue weighted by atomic mass is 19.1. The summed E-state index contributed by atoms with van der Waals surface area (Å²) >= 11 is 0. The van der Waals surface area contributed by atoms with Crippen LogP contribution < -0.4 is 0 Å². The second-order valence-electron chi connectivity index (χ2n) is 5.93. The molecule has 0 unspecified atom stereocenters. The zero-order valence-electron chi connectivity index (χ0n) is 11.8. The lowest BCUT2D eigenvalue weighted by molar-refractivity contribution is 0.0691. The highest BCUT2D eigenvalue weighted by Crippen LogP contribution is 2.35. The molecule has 1 aromatic rings. The van der Waals surface area contributed by atoms with Gasteiger partial charge in [0.1, 0.15) is 5.82 Å². The molecular formula is C16H19FN2O2. The fraction of sp³-hybridized carbons (Fsp3) is 0.500. The summed E-state index contributed by atoms with van der Waals surface area (Å²) in [6.45, 7) is 1.52. The van der Waals surface area contributed by atoms with Crippen molar-refractivity contribution in [3.63, 3.8) is 0 Å². The Hall–Kier alpha value is -1.91. The Morgan fingerprint density at radius 2 is 1.90 bits per heavy atom. The molecule has 1 saturated carbocycles. The summed E-state index contributed by atoms with van der Waals surface area (Å²) in [5.74, 6) is -0.600. The lowest BCUT2D eigenvalue weighted by atomic mass is 9.88. The molecule has 0 amide bonds. The van der Waals surface area contributed by atoms with Crippen molar-refractivity contribution in [2.45, 2.75) is 31.6 Å². The van der Waals surface area contributed by atoms with Crippen LogP contribution >= 0.6 is 0 Å². The van der Waals surface area contributed by atoms with E-state index >= 15 is 0 Å². The third kappa shape index (κ3) is 2.77. The van der Waals surface area contributed by atoms with E-state index in [-0.39, 0.29) is 11.5 Å². The van der Waals surface area contributed by atoms with Crippen LogP contribution in [0.5, 0.6) is 0 Å². The maximum atomic E-state index is 14.3. The zero-order valence-corrected chi connectivity index (χ0v) is 11.8. The van der Waals surface area contributed by atoms with E-state index in [1.807, 2.05) is 0 Å². The van der Waals surface area contributed by atoms with Crippen LogP contribution in [-0.4, -0.2) is 34.9 Å². The SMILES string of the molecule is N=C(C1CC1)N1CCC(c2cccc(C(=O)O)c2F)CC1. The molecule has 112 valence electrons. The number of carbonyl (C=O) groups is 1. The summed E-state index contributed by atoms with van der Waals surface area (Å²) in [5.41, 5.74) is 0.258. The van der Waals surface area contributed by atoms with Gasteiger partial charge in [-0.15, -0.1) is 0 Å². The third-order valence-electron chi connectivity index (χ3n) is 4.50. The second kappa shape index (κ2) is 5.47. The molecule has 2 N–H and O–H groups in total. The summed E-state index contributed by atoms with van der Waals surface area (Å²) in [7, 11) is 0. The van der Waals surface area contributed by atoms with Gasteiger partial charge >= 0.3 is 5.97 Å². The van der Waals surface area contributed by atoms with Gasteiger partial charge in [-0.3, -0.25) is 5.41 Å². The van der Waals surface area contributed by atoms with E-state index < -0.39 is 11.8 Å². The fourth-order valence-corrected chi connectivity index (χ4v) is 3.08. The van der Waals surface area contributed by atoms with Crippen molar-refractivity contribution in [2.24, 2.45) is 5.92 Å². The van der Waals surface area contributed by atoms with Crippen LogP contribution in [0.1, 0.15) is 47.5 Å². The van der Waals surface area contributed by atoms with Gasteiger partial charge in [0.15, 0.2) is 0 Å². The molecule has 0 bridgehead atoms. The summed E-state index contributed by atoms with van der Waals surface area (Å²) in [4.78, 5) is 13.1. The molecule has 4 nitrogen and oxygen atoms in total. The molecule has 2 aliphatic rings. The maximum Gasteiger partial charge on any atom is 0.338 e. The first-order valence-corrected chi connectivity index (χ1v) is 7.43. The van der Waals surface area contributed by atoms with Crippen LogP contribution in [0, 0.1) is 17.1 Å². The molecule has 1 aliphatic heterocycles. The minimum Gasteiger partial charge on any atom is -0.478 e. The quantitative estimate of drug-likeness (QED) is 0.664. The first-order chi connectivity index (χ1) is 10.1. The molecule has 2 fully saturated rings. The number of nitrogens with zero attached hydrogens (tertiary/aromatic N) is 1. The normalized spacial score (nSPS) is 19.6. The van der Waals surface area contributed by atoms with E-state index in [1.54, 1.807) is 12.1 Å². The summed E-state index contributed by atoms with van der Waals surface area (Å²) in [5, 5.41) is 17.1. The first-order valence-electron chi connectivity index (χ1n) is 7.43. The number of piperidine rings is 1. The number of carboxylic acid groups (broad SMARTS) is 1. The summed E-state index contributed by atoms with van der Waals surface area (Å²) < 4.78 is 14.3. The van der Waals surface area contributed by atoms with Crippen molar-refractivity contribution in [3.05, 3.63) is 35.1 Å². The molecule has 3 rings (SSSR count). The molecule has 1 heterocycles. The maximum absolute atomic E-state index is 14.3. The number of amidine groups is 1. The van der Waals surface area contributed by atoms with Crippen LogP contribution in [0.15, 0.2) is 18.2 Å². The van der Waals surface area contributed by atoms with Crippen LogP contribution in [0.4, 0.5) is 4.39 Å². The molecule has 0 atom stereocenters. The molecule has 21 heavy (non-hydrogen) atoms. The van der Waals surface area contributed by atoms with Gasteiger partial charge in [0, 0.05) is 19.0 Å². The van der Waals surface area contributed by atoms with Crippen molar-refractivity contribution in [3.8, 4) is 0 Å². The Kier molecular flexibility index (Phi) is 3.66. The average Bonchev–Trinajstić information content (AvgIpc) is 3.31. The fourth-order valence-electron chi connectivity index (χ4n) is 3.08. The van der Waals surface area contributed by atoms with Gasteiger partial charge in [-0.25, -0.2) is 9.18 Å². The number of rotatable bonds is 3. The van der Waals surface area contributed by atoms with Crippen LogP contribution in [0.3, 0.4) is 0 Å². The molecule has 0 spiro atoms. The van der Waals surface area contributed by atoms with Crippen molar-refractivity contribution in [2.75, 3.05) is 13.1 Å². The minimum atomic E-state index is -1.22. The van der Waals surface area contributed by atoms with Crippen molar-refractivity contribution in [1.29, 1.82) is 5.41 Å². The van der Waals surface area contributed by atoms with Crippen molar-refractivity contribution in [1.82, 2.24) is 4.90 Å². The van der Waals surface area contributed by atoms with E-state index in [0.717, 1.165) is 44.6 Å². The number of hydrogen-bond donors (Lipinski definition) is 2. The lowest BCUT2D eigenvalue weighted by Gasteiger charge is -2.34. The second-order valence-corrected chi connectivity index (χ2v) is 5.93. The smallest absolute Gasteiger partial charge is 0.338 e. The monoisotopic (exact) mass is 290 g/mol. The van der Waals surface area contributed by atoms with Gasteiger partial charge in [-0.05, 0) is 43.2 Å². The molecule has 1 aromatic carbocycles. The van der Waals surface area contributed by atoms with E-state index in [1.165, 1.54) is 6.07 Å². The van der Waals surface area contributed by atoms with Gasteiger partial charge in [0.2, 0.25) is 0 Å². The highest BCUT2D eigenvalue weighted by Gasteiger charge is 2.33. The summed E-state index contributed by atoms with van der Waals surface area (Å²) in [6.07, 6.45) is 3.78. The predicted octanol–water partition coefficient (Wildman–Crippen LogP) is 3.09. The number of benzene rings is 1. The van der Waals surface area contributed by atoms with Crippen molar-refractivity contribution >= 4 is 11.8 Å². The first kappa shape index (κ1) is 14.0. The Morgan fingerprint density at radius 3 is 2.48 bits per heavy atom. The van der Waals surface area contributed by atoms with Crippen LogP contribution in [0.2, 0.25) is 0 Å². The molecule has 1 saturated heterocycles. The predicted molar refractivity (Wildman–Crippen MR) is 77.4 cm³/mol. The van der Waals surface area contributed by atoms with Crippen LogP contribution in [0.25, 0.3) is 0 Å². The van der Waals surface area contributed by atoms with E-state index in [2.05, 4.69) is 4.90 Å². The van der Waals surface area contributed by atoms with Gasteiger partial charge in [0.05, 0.1) is 11.4 Å². The molecule has 5 heteroatoms. The molecule has 0 radical (unpaired) electrons. The number of halogens is 1. The largest absolute Gasteiger partial charge is 0.478 e. The Bertz CT molecular complexity index is 576. The Morgan fingerprint density at radius 1 is 1.24 bits per heavy atom. The van der Waals surface area contributed by atoms with E-state index in [9.17, 15) is 9.18 Å².